The van der Waals surface area contributed by atoms with Crippen LogP contribution in [-0.4, -0.2) is 49.6 Å². The van der Waals surface area contributed by atoms with Crippen molar-refractivity contribution in [1.29, 1.82) is 0 Å². The summed E-state index contributed by atoms with van der Waals surface area (Å²) in [5.74, 6) is 2.86. The van der Waals surface area contributed by atoms with E-state index in [2.05, 4.69) is 15.2 Å². The molecule has 1 heterocycles. The Labute approximate surface area is 146 Å². The number of likely N-dealkylation sites (tertiary alicyclic amines) is 1. The van der Waals surface area contributed by atoms with E-state index in [1.165, 1.54) is 38.5 Å². The Balaban J connectivity index is 1.44. The molecule has 0 aromatic rings. The number of rotatable bonds is 4. The third kappa shape index (κ3) is 4.22. The van der Waals surface area contributed by atoms with E-state index in [0.29, 0.717) is 12.6 Å². The quantitative estimate of drug-likeness (QED) is 0.488. The van der Waals surface area contributed by atoms with Gasteiger partial charge in [0.15, 0.2) is 5.96 Å². The van der Waals surface area contributed by atoms with Crippen LogP contribution in [0.4, 0.5) is 0 Å². The highest BCUT2D eigenvalue weighted by Crippen LogP contribution is 2.44. The van der Waals surface area contributed by atoms with Crippen LogP contribution in [-0.2, 0) is 9.53 Å². The first-order valence-electron chi connectivity index (χ1n) is 9.87. The molecule has 0 radical (unpaired) electrons. The van der Waals surface area contributed by atoms with Gasteiger partial charge in [0, 0.05) is 26.2 Å². The van der Waals surface area contributed by atoms with Gasteiger partial charge in [-0.25, -0.2) is 0 Å². The van der Waals surface area contributed by atoms with Crippen molar-refractivity contribution in [3.05, 3.63) is 0 Å². The molecule has 0 spiro atoms. The van der Waals surface area contributed by atoms with Crippen molar-refractivity contribution in [2.24, 2.45) is 22.7 Å². The summed E-state index contributed by atoms with van der Waals surface area (Å²) in [6.45, 7) is 4.14. The molecule has 2 aliphatic carbocycles. The van der Waals surface area contributed by atoms with Gasteiger partial charge >= 0.3 is 5.97 Å². The Bertz CT molecular complexity index is 452. The molecular formula is C19H33N3O2. The first-order chi connectivity index (χ1) is 11.7. The molecule has 3 fully saturated rings. The second kappa shape index (κ2) is 8.21. The Kier molecular flexibility index (Phi) is 6.01. The van der Waals surface area contributed by atoms with E-state index in [-0.39, 0.29) is 11.9 Å². The third-order valence-corrected chi connectivity index (χ3v) is 6.04. The van der Waals surface area contributed by atoms with Crippen LogP contribution >= 0.6 is 0 Å². The fourth-order valence-electron chi connectivity index (χ4n) is 4.51. The fourth-order valence-corrected chi connectivity index (χ4v) is 4.51. The summed E-state index contributed by atoms with van der Waals surface area (Å²) in [7, 11) is 1.87. The average Bonchev–Trinajstić information content (AvgIpc) is 3.40. The normalized spacial score (nSPS) is 29.4. The SMILES string of the molecule is CCOC(=O)C1CCN(C(=NC)NC2CC2C2CCCCC2)CC1. The van der Waals surface area contributed by atoms with Crippen molar-refractivity contribution in [2.45, 2.75) is 64.3 Å². The van der Waals surface area contributed by atoms with Gasteiger partial charge in [-0.05, 0) is 38.0 Å². The zero-order valence-electron chi connectivity index (χ0n) is 15.3. The number of aliphatic imine (C=N–C) groups is 1. The predicted molar refractivity (Wildman–Crippen MR) is 95.9 cm³/mol. The van der Waals surface area contributed by atoms with Crippen molar-refractivity contribution in [3.63, 3.8) is 0 Å². The molecular weight excluding hydrogens is 302 g/mol. The number of ether oxygens (including phenoxy) is 1. The topological polar surface area (TPSA) is 53.9 Å². The van der Waals surface area contributed by atoms with Crippen molar-refractivity contribution in [1.82, 2.24) is 10.2 Å². The monoisotopic (exact) mass is 335 g/mol. The van der Waals surface area contributed by atoms with Gasteiger partial charge in [-0.3, -0.25) is 9.79 Å². The lowest BCUT2D eigenvalue weighted by molar-refractivity contribution is -0.149. The minimum Gasteiger partial charge on any atom is -0.466 e. The highest BCUT2D eigenvalue weighted by Gasteiger charge is 2.44. The van der Waals surface area contributed by atoms with E-state index in [1.807, 2.05) is 14.0 Å². The van der Waals surface area contributed by atoms with Gasteiger partial charge in [-0.2, -0.15) is 0 Å². The molecule has 2 atom stereocenters. The van der Waals surface area contributed by atoms with Gasteiger partial charge in [0.05, 0.1) is 12.5 Å². The molecule has 1 aliphatic heterocycles. The summed E-state index contributed by atoms with van der Waals surface area (Å²) < 4.78 is 5.16. The number of hydrogen-bond donors (Lipinski definition) is 1. The van der Waals surface area contributed by atoms with Crippen molar-refractivity contribution >= 4 is 11.9 Å². The van der Waals surface area contributed by atoms with Crippen LogP contribution in [0.15, 0.2) is 4.99 Å². The lowest BCUT2D eigenvalue weighted by Crippen LogP contribution is -2.47. The standard InChI is InChI=1S/C19H33N3O2/c1-3-24-18(23)15-9-11-22(12-10-15)19(20-2)21-17-13-16(17)14-7-5-4-6-8-14/h14-17H,3-13H2,1-2H3,(H,20,21). The highest BCUT2D eigenvalue weighted by atomic mass is 16.5. The number of hydrogen-bond acceptors (Lipinski definition) is 3. The van der Waals surface area contributed by atoms with Crippen LogP contribution in [0.3, 0.4) is 0 Å². The average molecular weight is 335 g/mol. The molecule has 2 saturated carbocycles. The van der Waals surface area contributed by atoms with Gasteiger partial charge in [0.1, 0.15) is 0 Å². The number of guanidine groups is 1. The van der Waals surface area contributed by atoms with Crippen molar-refractivity contribution in [3.8, 4) is 0 Å². The van der Waals surface area contributed by atoms with Gasteiger partial charge in [0.2, 0.25) is 0 Å². The van der Waals surface area contributed by atoms with Crippen molar-refractivity contribution < 1.29 is 9.53 Å². The maximum atomic E-state index is 11.9. The Morgan fingerprint density at radius 2 is 1.88 bits per heavy atom. The molecule has 0 aromatic carbocycles. The van der Waals surface area contributed by atoms with Gasteiger partial charge in [-0.1, -0.05) is 32.1 Å². The molecule has 2 unspecified atom stereocenters. The zero-order chi connectivity index (χ0) is 16.9. The third-order valence-electron chi connectivity index (χ3n) is 6.04. The molecule has 3 aliphatic rings. The molecule has 0 amide bonds. The maximum Gasteiger partial charge on any atom is 0.309 e. The van der Waals surface area contributed by atoms with Crippen LogP contribution in [0.5, 0.6) is 0 Å². The molecule has 0 bridgehead atoms. The molecule has 136 valence electrons. The number of nitrogens with one attached hydrogen (secondary N) is 1. The number of piperidine rings is 1. The summed E-state index contributed by atoms with van der Waals surface area (Å²) in [6, 6.07) is 0.620. The fraction of sp³-hybridized carbons (Fsp3) is 0.895. The van der Waals surface area contributed by atoms with E-state index < -0.39 is 0 Å². The number of esters is 1. The minimum absolute atomic E-state index is 0.0281. The second-order valence-electron chi connectivity index (χ2n) is 7.61. The number of carbonyl (C=O) groups is 1. The molecule has 5 nitrogen and oxygen atoms in total. The van der Waals surface area contributed by atoms with Gasteiger partial charge in [-0.15, -0.1) is 0 Å². The second-order valence-corrected chi connectivity index (χ2v) is 7.61. The van der Waals surface area contributed by atoms with E-state index in [4.69, 9.17) is 4.74 Å². The lowest BCUT2D eigenvalue weighted by Gasteiger charge is -2.33. The first kappa shape index (κ1) is 17.6. The summed E-state index contributed by atoms with van der Waals surface area (Å²) in [6.07, 6.45) is 10.2. The van der Waals surface area contributed by atoms with Gasteiger partial charge < -0.3 is 15.0 Å². The Hall–Kier alpha value is -1.26. The zero-order valence-corrected chi connectivity index (χ0v) is 15.3. The minimum atomic E-state index is -0.0281. The molecule has 24 heavy (non-hydrogen) atoms. The highest BCUT2D eigenvalue weighted by molar-refractivity contribution is 5.81. The molecule has 3 rings (SSSR count). The largest absolute Gasteiger partial charge is 0.466 e. The van der Waals surface area contributed by atoms with Crippen LogP contribution in [0.1, 0.15) is 58.3 Å². The van der Waals surface area contributed by atoms with Crippen LogP contribution in [0.2, 0.25) is 0 Å². The van der Waals surface area contributed by atoms with E-state index in [0.717, 1.165) is 43.7 Å². The Morgan fingerprint density at radius 1 is 1.17 bits per heavy atom. The van der Waals surface area contributed by atoms with E-state index in [9.17, 15) is 4.79 Å². The summed E-state index contributed by atoms with van der Waals surface area (Å²) in [5.41, 5.74) is 0. The maximum absolute atomic E-state index is 11.9. The molecule has 1 N–H and O–H groups in total. The van der Waals surface area contributed by atoms with Crippen molar-refractivity contribution in [2.75, 3.05) is 26.7 Å². The van der Waals surface area contributed by atoms with E-state index in [1.54, 1.807) is 0 Å². The summed E-state index contributed by atoms with van der Waals surface area (Å²) >= 11 is 0. The molecule has 1 saturated heterocycles. The number of nitrogens with zero attached hydrogens (tertiary/aromatic N) is 2. The smallest absolute Gasteiger partial charge is 0.309 e. The van der Waals surface area contributed by atoms with Crippen LogP contribution in [0, 0.1) is 17.8 Å². The molecule has 5 heteroatoms. The van der Waals surface area contributed by atoms with Gasteiger partial charge in [0.25, 0.3) is 0 Å². The predicted octanol–water partition coefficient (Wildman–Crippen LogP) is 2.81. The van der Waals surface area contributed by atoms with Crippen LogP contribution < -0.4 is 5.32 Å². The summed E-state index contributed by atoms with van der Waals surface area (Å²) in [4.78, 5) is 18.7. The lowest BCUT2D eigenvalue weighted by atomic mass is 9.85. The summed E-state index contributed by atoms with van der Waals surface area (Å²) in [5, 5.41) is 3.69. The van der Waals surface area contributed by atoms with Crippen LogP contribution in [0.25, 0.3) is 0 Å². The number of carbonyl (C=O) groups excluding carboxylic acids is 1. The molecule has 0 aromatic heterocycles. The van der Waals surface area contributed by atoms with E-state index >= 15 is 0 Å². The Morgan fingerprint density at radius 3 is 2.50 bits per heavy atom. The first-order valence-corrected chi connectivity index (χ1v) is 9.87.